The summed E-state index contributed by atoms with van der Waals surface area (Å²) in [6, 6.07) is 15.3. The molecule has 4 rings (SSSR count). The molecule has 0 aliphatic carbocycles. The highest BCUT2D eigenvalue weighted by molar-refractivity contribution is 7.09. The van der Waals surface area contributed by atoms with Crippen LogP contribution in [0.25, 0.3) is 0 Å². The van der Waals surface area contributed by atoms with Gasteiger partial charge in [0, 0.05) is 13.5 Å². The normalized spacial score (nSPS) is 16.1. The van der Waals surface area contributed by atoms with Crippen LogP contribution in [-0.4, -0.2) is 40.8 Å². The summed E-state index contributed by atoms with van der Waals surface area (Å²) < 4.78 is 10.9. The van der Waals surface area contributed by atoms with Gasteiger partial charge in [-0.3, -0.25) is 9.78 Å². The highest BCUT2D eigenvalue weighted by Gasteiger charge is 2.29. The van der Waals surface area contributed by atoms with E-state index in [4.69, 9.17) is 9.47 Å². The van der Waals surface area contributed by atoms with Gasteiger partial charge in [0.05, 0.1) is 10.9 Å². The lowest BCUT2D eigenvalue weighted by atomic mass is 10.1. The summed E-state index contributed by atoms with van der Waals surface area (Å²) in [4.78, 5) is 27.0. The second-order valence-electron chi connectivity index (χ2n) is 6.90. The van der Waals surface area contributed by atoms with E-state index in [9.17, 15) is 14.7 Å². The van der Waals surface area contributed by atoms with Crippen LogP contribution in [0, 0.1) is 0 Å². The number of benzene rings is 2. The van der Waals surface area contributed by atoms with Gasteiger partial charge in [0.25, 0.3) is 0 Å². The Hall–Kier alpha value is -3.26. The molecule has 2 heterocycles. The number of rotatable bonds is 6. The first-order valence-electron chi connectivity index (χ1n) is 9.14. The lowest BCUT2D eigenvalue weighted by Crippen LogP contribution is -2.30. The number of hydrogen-bond donors (Lipinski definition) is 2. The van der Waals surface area contributed by atoms with Crippen molar-refractivity contribution in [2.75, 3.05) is 13.7 Å². The number of likely N-dealkylation sites (N-methyl/N-ethyl adjacent to an activating group) is 1. The maximum Gasteiger partial charge on any atom is 0.409 e. The number of ether oxygens (including phenoxy) is 2. The molecule has 0 spiro atoms. The van der Waals surface area contributed by atoms with E-state index in [0.717, 1.165) is 34.6 Å². The van der Waals surface area contributed by atoms with Gasteiger partial charge in [-0.1, -0.05) is 35.6 Å². The summed E-state index contributed by atoms with van der Waals surface area (Å²) in [6.45, 7) is 0.414. The molecule has 8 heteroatoms. The van der Waals surface area contributed by atoms with Crippen LogP contribution in [0.5, 0.6) is 17.4 Å². The molecule has 3 aromatic rings. The van der Waals surface area contributed by atoms with Crippen LogP contribution in [0.15, 0.2) is 53.3 Å². The van der Waals surface area contributed by atoms with Gasteiger partial charge in [0.2, 0.25) is 5.88 Å². The number of carbonyl (C=O) groups excluding carboxylic acids is 1. The van der Waals surface area contributed by atoms with E-state index < -0.39 is 0 Å². The Bertz CT molecular complexity index is 1060. The van der Waals surface area contributed by atoms with Gasteiger partial charge in [-0.05, 0) is 41.8 Å². The molecule has 29 heavy (non-hydrogen) atoms. The van der Waals surface area contributed by atoms with Crippen molar-refractivity contribution in [2.24, 2.45) is 0 Å². The van der Waals surface area contributed by atoms with Crippen LogP contribution < -0.4 is 9.61 Å². The Morgan fingerprint density at radius 3 is 2.24 bits per heavy atom. The molecule has 1 atom stereocenters. The Labute approximate surface area is 171 Å². The number of amides is 1. The van der Waals surface area contributed by atoms with Crippen LogP contribution in [0.3, 0.4) is 0 Å². The van der Waals surface area contributed by atoms with E-state index >= 15 is 0 Å². The second-order valence-corrected chi connectivity index (χ2v) is 7.97. The topological polar surface area (TPSA) is 91.9 Å². The van der Waals surface area contributed by atoms with Crippen LogP contribution >= 0.6 is 11.3 Å². The maximum atomic E-state index is 11.4. The Morgan fingerprint density at radius 1 is 1.10 bits per heavy atom. The lowest BCUT2D eigenvalue weighted by Gasteiger charge is -2.16. The predicted octanol–water partition coefficient (Wildman–Crippen LogP) is 3.52. The average molecular weight is 412 g/mol. The molecule has 1 unspecified atom stereocenters. The number of aromatic nitrogens is 1. The minimum atomic E-state index is -0.278. The smallest absolute Gasteiger partial charge is 0.409 e. The van der Waals surface area contributed by atoms with Crippen molar-refractivity contribution >= 4 is 17.4 Å². The van der Waals surface area contributed by atoms with Crippen LogP contribution in [-0.2, 0) is 17.6 Å². The second kappa shape index (κ2) is 8.00. The molecule has 1 aliphatic rings. The molecular weight excluding hydrogens is 392 g/mol. The zero-order chi connectivity index (χ0) is 20.4. The third-order valence-electron chi connectivity index (χ3n) is 4.85. The zero-order valence-electron chi connectivity index (χ0n) is 15.8. The molecule has 0 saturated carbocycles. The molecule has 1 saturated heterocycles. The van der Waals surface area contributed by atoms with Gasteiger partial charge < -0.3 is 19.5 Å². The summed E-state index contributed by atoms with van der Waals surface area (Å²) in [5.74, 6) is 1.35. The number of cyclic esters (lactones) is 1. The molecule has 150 valence electrons. The number of hydrogen-bond acceptors (Lipinski definition) is 6. The molecule has 1 amide bonds. The van der Waals surface area contributed by atoms with E-state index in [1.807, 2.05) is 48.5 Å². The Balaban J connectivity index is 1.36. The fourth-order valence-corrected chi connectivity index (χ4v) is 3.92. The molecule has 1 aliphatic heterocycles. The highest BCUT2D eigenvalue weighted by atomic mass is 32.1. The van der Waals surface area contributed by atoms with E-state index in [0.29, 0.717) is 23.7 Å². The standard InChI is InChI=1S/C21H20N2O5S/c1-23-15(12-27-21(23)26)10-13-2-6-16(7-3-13)28-17-8-4-14(5-9-17)11-18-19(24)22-20(25)29-18/h2-9,15,24H,10-12H2,1H3,(H,22,25). The summed E-state index contributed by atoms with van der Waals surface area (Å²) in [7, 11) is 1.75. The van der Waals surface area contributed by atoms with E-state index in [1.165, 1.54) is 0 Å². The van der Waals surface area contributed by atoms with Crippen molar-refractivity contribution < 1.29 is 19.4 Å². The molecule has 2 N–H and O–H groups in total. The number of nitrogens with zero attached hydrogens (tertiary/aromatic N) is 1. The summed E-state index contributed by atoms with van der Waals surface area (Å²) >= 11 is 1.01. The highest BCUT2D eigenvalue weighted by Crippen LogP contribution is 2.25. The summed E-state index contributed by atoms with van der Waals surface area (Å²) in [6.07, 6.45) is 0.931. The van der Waals surface area contributed by atoms with Gasteiger partial charge >= 0.3 is 11.0 Å². The average Bonchev–Trinajstić information content (AvgIpc) is 3.19. The maximum absolute atomic E-state index is 11.4. The molecule has 1 fully saturated rings. The summed E-state index contributed by atoms with van der Waals surface area (Å²) in [5, 5.41) is 9.69. The van der Waals surface area contributed by atoms with E-state index in [-0.39, 0.29) is 22.9 Å². The molecule has 0 radical (unpaired) electrons. The van der Waals surface area contributed by atoms with Crippen molar-refractivity contribution in [3.63, 3.8) is 0 Å². The van der Waals surface area contributed by atoms with E-state index in [2.05, 4.69) is 4.98 Å². The Morgan fingerprint density at radius 2 is 1.72 bits per heavy atom. The number of nitrogens with one attached hydrogen (secondary N) is 1. The minimum Gasteiger partial charge on any atom is -0.494 e. The van der Waals surface area contributed by atoms with Crippen LogP contribution in [0.1, 0.15) is 16.0 Å². The molecular formula is C21H20N2O5S. The van der Waals surface area contributed by atoms with Crippen molar-refractivity contribution in [1.29, 1.82) is 0 Å². The van der Waals surface area contributed by atoms with Gasteiger partial charge in [-0.15, -0.1) is 0 Å². The van der Waals surface area contributed by atoms with Crippen molar-refractivity contribution in [2.45, 2.75) is 18.9 Å². The predicted molar refractivity (Wildman–Crippen MR) is 109 cm³/mol. The van der Waals surface area contributed by atoms with Crippen LogP contribution in [0.4, 0.5) is 4.79 Å². The molecule has 1 aromatic heterocycles. The number of aromatic hydroxyl groups is 1. The van der Waals surface area contributed by atoms with Crippen molar-refractivity contribution in [3.05, 3.63) is 74.2 Å². The van der Waals surface area contributed by atoms with Gasteiger partial charge in [0.15, 0.2) is 0 Å². The largest absolute Gasteiger partial charge is 0.494 e. The monoisotopic (exact) mass is 412 g/mol. The quantitative estimate of drug-likeness (QED) is 0.646. The van der Waals surface area contributed by atoms with Gasteiger partial charge in [0.1, 0.15) is 18.1 Å². The van der Waals surface area contributed by atoms with E-state index in [1.54, 1.807) is 11.9 Å². The first kappa shape index (κ1) is 19.1. The number of carbonyl (C=O) groups is 1. The fourth-order valence-electron chi connectivity index (χ4n) is 3.16. The molecule has 7 nitrogen and oxygen atoms in total. The SMILES string of the molecule is CN1C(=O)OCC1Cc1ccc(Oc2ccc(Cc3sc(=O)[nH]c3O)cc2)cc1. The molecule has 0 bridgehead atoms. The Kier molecular flexibility index (Phi) is 5.26. The summed E-state index contributed by atoms with van der Waals surface area (Å²) in [5.41, 5.74) is 2.07. The number of aromatic amines is 1. The van der Waals surface area contributed by atoms with Gasteiger partial charge in [-0.2, -0.15) is 0 Å². The van der Waals surface area contributed by atoms with Crippen LogP contribution in [0.2, 0.25) is 0 Å². The third-order valence-corrected chi connectivity index (χ3v) is 5.73. The zero-order valence-corrected chi connectivity index (χ0v) is 16.6. The van der Waals surface area contributed by atoms with Gasteiger partial charge in [-0.25, -0.2) is 4.79 Å². The van der Waals surface area contributed by atoms with Crippen molar-refractivity contribution in [1.82, 2.24) is 9.88 Å². The fraction of sp³-hybridized carbons (Fsp3) is 0.238. The van der Waals surface area contributed by atoms with Crippen molar-refractivity contribution in [3.8, 4) is 17.4 Å². The lowest BCUT2D eigenvalue weighted by molar-refractivity contribution is 0.163. The minimum absolute atomic E-state index is 0.0555. The number of H-pyrrole nitrogens is 1. The molecule has 2 aromatic carbocycles. The first-order chi connectivity index (χ1) is 14.0. The number of thiazole rings is 1. The third kappa shape index (κ3) is 4.43. The first-order valence-corrected chi connectivity index (χ1v) is 9.96.